The number of aromatic nitrogens is 3. The van der Waals surface area contributed by atoms with E-state index in [1.165, 1.54) is 5.56 Å². The molecule has 0 bridgehead atoms. The molecule has 1 aliphatic rings. The van der Waals surface area contributed by atoms with Gasteiger partial charge in [0, 0.05) is 18.3 Å². The topological polar surface area (TPSA) is 42.7 Å². The van der Waals surface area contributed by atoms with Gasteiger partial charge in [-0.3, -0.25) is 4.98 Å². The summed E-state index contributed by atoms with van der Waals surface area (Å²) in [5, 5.41) is 7.93. The maximum atomic E-state index is 4.50. The maximum absolute atomic E-state index is 4.50. The summed E-state index contributed by atoms with van der Waals surface area (Å²) >= 11 is 0. The van der Waals surface area contributed by atoms with E-state index in [9.17, 15) is 0 Å². The van der Waals surface area contributed by atoms with Crippen LogP contribution in [0.2, 0.25) is 0 Å². The van der Waals surface area contributed by atoms with Crippen molar-refractivity contribution < 1.29 is 0 Å². The van der Waals surface area contributed by atoms with Crippen LogP contribution in [0.1, 0.15) is 30.6 Å². The lowest BCUT2D eigenvalue weighted by Crippen LogP contribution is -2.25. The summed E-state index contributed by atoms with van der Waals surface area (Å²) in [5.41, 5.74) is 2.38. The van der Waals surface area contributed by atoms with Crippen LogP contribution in [0.15, 0.2) is 30.6 Å². The molecular formula is C13H16N4. The molecule has 0 radical (unpaired) electrons. The third kappa shape index (κ3) is 1.69. The summed E-state index contributed by atoms with van der Waals surface area (Å²) in [6.45, 7) is 3.14. The molecule has 0 saturated carbocycles. The van der Waals surface area contributed by atoms with Gasteiger partial charge >= 0.3 is 0 Å². The number of nitrogens with one attached hydrogen (secondary N) is 1. The number of hydrogen-bond acceptors (Lipinski definition) is 3. The summed E-state index contributed by atoms with van der Waals surface area (Å²) in [5.74, 6) is 1.16. The number of nitrogens with zero attached hydrogens (tertiary/aromatic N) is 3. The predicted molar refractivity (Wildman–Crippen MR) is 67.1 cm³/mol. The molecule has 0 saturated heterocycles. The van der Waals surface area contributed by atoms with Gasteiger partial charge in [-0.2, -0.15) is 5.10 Å². The zero-order valence-corrected chi connectivity index (χ0v) is 9.93. The summed E-state index contributed by atoms with van der Waals surface area (Å²) in [6.07, 6.45) is 5.86. The van der Waals surface area contributed by atoms with E-state index < -0.39 is 0 Å². The van der Waals surface area contributed by atoms with E-state index in [-0.39, 0.29) is 6.04 Å². The molecule has 17 heavy (non-hydrogen) atoms. The Balaban J connectivity index is 2.03. The van der Waals surface area contributed by atoms with Gasteiger partial charge in [-0.25, -0.2) is 4.68 Å². The standard InChI is InChI=1S/C13H16N4/c1-2-10-9-16-17-12(6-8-15-13(10)17)11-5-3-4-7-14-11/h3-5,7,9,12,15H,2,6,8H2,1H3. The summed E-state index contributed by atoms with van der Waals surface area (Å²) in [7, 11) is 0. The lowest BCUT2D eigenvalue weighted by atomic mass is 10.1. The first-order chi connectivity index (χ1) is 8.40. The number of hydrogen-bond donors (Lipinski definition) is 1. The zero-order valence-electron chi connectivity index (χ0n) is 9.93. The van der Waals surface area contributed by atoms with Crippen LogP contribution in [0, 0.1) is 0 Å². The monoisotopic (exact) mass is 228 g/mol. The van der Waals surface area contributed by atoms with Crippen LogP contribution in [0.5, 0.6) is 0 Å². The first-order valence-corrected chi connectivity index (χ1v) is 6.11. The van der Waals surface area contributed by atoms with Crippen molar-refractivity contribution in [2.24, 2.45) is 0 Å². The van der Waals surface area contributed by atoms with Gasteiger partial charge in [-0.1, -0.05) is 13.0 Å². The molecule has 0 spiro atoms. The molecule has 1 unspecified atom stereocenters. The minimum atomic E-state index is 0.271. The first kappa shape index (κ1) is 10.3. The number of pyridine rings is 1. The van der Waals surface area contributed by atoms with Gasteiger partial charge in [0.1, 0.15) is 5.82 Å². The molecule has 4 nitrogen and oxygen atoms in total. The van der Waals surface area contributed by atoms with E-state index in [0.29, 0.717) is 0 Å². The van der Waals surface area contributed by atoms with Crippen molar-refractivity contribution in [3.05, 3.63) is 41.9 Å². The number of fused-ring (bicyclic) bond motifs is 1. The molecule has 2 aromatic rings. The molecular weight excluding hydrogens is 212 g/mol. The van der Waals surface area contributed by atoms with Crippen LogP contribution >= 0.6 is 0 Å². The largest absolute Gasteiger partial charge is 0.370 e. The highest BCUT2D eigenvalue weighted by Gasteiger charge is 2.24. The third-order valence-corrected chi connectivity index (χ3v) is 3.29. The quantitative estimate of drug-likeness (QED) is 0.857. The fraction of sp³-hybridized carbons (Fsp3) is 0.385. The SMILES string of the molecule is CCc1cnn2c1NCCC2c1ccccn1. The van der Waals surface area contributed by atoms with Crippen molar-refractivity contribution in [1.29, 1.82) is 0 Å². The Hall–Kier alpha value is -1.84. The summed E-state index contributed by atoms with van der Waals surface area (Å²) in [4.78, 5) is 4.45. The second-order valence-corrected chi connectivity index (χ2v) is 4.30. The van der Waals surface area contributed by atoms with Gasteiger partial charge in [0.25, 0.3) is 0 Å². The Morgan fingerprint density at radius 3 is 3.18 bits per heavy atom. The van der Waals surface area contributed by atoms with Crippen molar-refractivity contribution in [2.45, 2.75) is 25.8 Å². The maximum Gasteiger partial charge on any atom is 0.128 e. The van der Waals surface area contributed by atoms with Gasteiger partial charge < -0.3 is 5.32 Å². The normalized spacial score (nSPS) is 18.5. The Morgan fingerprint density at radius 2 is 2.41 bits per heavy atom. The molecule has 3 rings (SSSR count). The Kier molecular flexibility index (Phi) is 2.55. The van der Waals surface area contributed by atoms with Crippen LogP contribution in [0.25, 0.3) is 0 Å². The number of aryl methyl sites for hydroxylation is 1. The zero-order chi connectivity index (χ0) is 11.7. The minimum absolute atomic E-state index is 0.271. The van der Waals surface area contributed by atoms with Crippen LogP contribution in [-0.4, -0.2) is 21.3 Å². The van der Waals surface area contributed by atoms with Crippen molar-refractivity contribution >= 4 is 5.82 Å². The molecule has 0 fully saturated rings. The van der Waals surface area contributed by atoms with Gasteiger partial charge in [0.2, 0.25) is 0 Å². The van der Waals surface area contributed by atoms with E-state index in [1.54, 1.807) is 0 Å². The number of anilines is 1. The van der Waals surface area contributed by atoms with E-state index in [2.05, 4.69) is 33.1 Å². The molecule has 2 aromatic heterocycles. The van der Waals surface area contributed by atoms with Crippen LogP contribution in [0.4, 0.5) is 5.82 Å². The van der Waals surface area contributed by atoms with Crippen LogP contribution < -0.4 is 5.32 Å². The van der Waals surface area contributed by atoms with Gasteiger partial charge in [-0.15, -0.1) is 0 Å². The van der Waals surface area contributed by atoms with E-state index in [4.69, 9.17) is 0 Å². The summed E-state index contributed by atoms with van der Waals surface area (Å²) in [6, 6.07) is 6.33. The molecule has 4 heteroatoms. The molecule has 0 amide bonds. The first-order valence-electron chi connectivity index (χ1n) is 6.11. The average molecular weight is 228 g/mol. The van der Waals surface area contributed by atoms with Gasteiger partial charge in [0.15, 0.2) is 0 Å². The van der Waals surface area contributed by atoms with E-state index >= 15 is 0 Å². The minimum Gasteiger partial charge on any atom is -0.370 e. The molecule has 0 aromatic carbocycles. The van der Waals surface area contributed by atoms with Crippen molar-refractivity contribution in [1.82, 2.24) is 14.8 Å². The molecule has 3 heterocycles. The molecule has 1 aliphatic heterocycles. The van der Waals surface area contributed by atoms with Crippen LogP contribution in [0.3, 0.4) is 0 Å². The van der Waals surface area contributed by atoms with Crippen molar-refractivity contribution in [3.8, 4) is 0 Å². The predicted octanol–water partition coefficient (Wildman–Crippen LogP) is 2.25. The van der Waals surface area contributed by atoms with E-state index in [1.807, 2.05) is 24.5 Å². The van der Waals surface area contributed by atoms with Gasteiger partial charge in [-0.05, 0) is 25.0 Å². The Morgan fingerprint density at radius 1 is 1.47 bits per heavy atom. The highest BCUT2D eigenvalue weighted by Crippen LogP contribution is 2.30. The second-order valence-electron chi connectivity index (χ2n) is 4.30. The molecule has 88 valence electrons. The fourth-order valence-corrected chi connectivity index (χ4v) is 2.38. The fourth-order valence-electron chi connectivity index (χ4n) is 2.38. The third-order valence-electron chi connectivity index (χ3n) is 3.29. The summed E-state index contributed by atoms with van der Waals surface area (Å²) < 4.78 is 2.07. The lowest BCUT2D eigenvalue weighted by Gasteiger charge is -2.25. The van der Waals surface area contributed by atoms with Gasteiger partial charge in [0.05, 0.1) is 17.9 Å². The lowest BCUT2D eigenvalue weighted by molar-refractivity contribution is 0.471. The highest BCUT2D eigenvalue weighted by atomic mass is 15.4. The second kappa shape index (κ2) is 4.20. The number of rotatable bonds is 2. The van der Waals surface area contributed by atoms with Crippen molar-refractivity contribution in [3.63, 3.8) is 0 Å². The molecule has 1 atom stereocenters. The van der Waals surface area contributed by atoms with Crippen molar-refractivity contribution in [2.75, 3.05) is 11.9 Å². The van der Waals surface area contributed by atoms with E-state index in [0.717, 1.165) is 30.9 Å². The van der Waals surface area contributed by atoms with Crippen LogP contribution in [-0.2, 0) is 6.42 Å². The Labute approximate surface area is 101 Å². The smallest absolute Gasteiger partial charge is 0.128 e. The molecule has 1 N–H and O–H groups in total. The Bertz CT molecular complexity index is 503. The average Bonchev–Trinajstić information content (AvgIpc) is 2.82. The highest BCUT2D eigenvalue weighted by molar-refractivity contribution is 5.46. The molecule has 0 aliphatic carbocycles.